The molecular formula is C29H24N2. The SMILES string of the molecule is Cc1cc(-c2ccccc2)c(-n2ccnc2-c2ccccc2C)c(-c2ccccc2)c1. The van der Waals surface area contributed by atoms with Crippen LogP contribution < -0.4 is 0 Å². The Morgan fingerprint density at radius 2 is 1.16 bits per heavy atom. The average molecular weight is 401 g/mol. The number of imidazole rings is 1. The zero-order valence-corrected chi connectivity index (χ0v) is 17.8. The van der Waals surface area contributed by atoms with Crippen LogP contribution in [-0.2, 0) is 0 Å². The Balaban J connectivity index is 1.86. The van der Waals surface area contributed by atoms with Crippen LogP contribution in [0.1, 0.15) is 11.1 Å². The van der Waals surface area contributed by atoms with Gasteiger partial charge >= 0.3 is 0 Å². The molecule has 0 aliphatic heterocycles. The van der Waals surface area contributed by atoms with Crippen LogP contribution in [0.15, 0.2) is 109 Å². The van der Waals surface area contributed by atoms with Crippen LogP contribution in [0.3, 0.4) is 0 Å². The maximum absolute atomic E-state index is 4.78. The first kappa shape index (κ1) is 19.1. The molecule has 1 heterocycles. The monoisotopic (exact) mass is 400 g/mol. The molecule has 4 aromatic carbocycles. The molecule has 0 fully saturated rings. The molecule has 150 valence electrons. The Bertz CT molecular complexity index is 1270. The van der Waals surface area contributed by atoms with Gasteiger partial charge in [-0.2, -0.15) is 0 Å². The van der Waals surface area contributed by atoms with Crippen molar-refractivity contribution in [2.75, 3.05) is 0 Å². The van der Waals surface area contributed by atoms with E-state index in [0.717, 1.165) is 17.1 Å². The number of aryl methyl sites for hydroxylation is 2. The van der Waals surface area contributed by atoms with E-state index in [9.17, 15) is 0 Å². The summed E-state index contributed by atoms with van der Waals surface area (Å²) < 4.78 is 2.24. The van der Waals surface area contributed by atoms with Gasteiger partial charge in [0.2, 0.25) is 0 Å². The van der Waals surface area contributed by atoms with E-state index in [1.165, 1.54) is 33.4 Å². The molecule has 0 bridgehead atoms. The van der Waals surface area contributed by atoms with E-state index in [-0.39, 0.29) is 0 Å². The lowest BCUT2D eigenvalue weighted by Gasteiger charge is -2.20. The van der Waals surface area contributed by atoms with E-state index < -0.39 is 0 Å². The van der Waals surface area contributed by atoms with Crippen LogP contribution in [0.4, 0.5) is 0 Å². The van der Waals surface area contributed by atoms with Crippen molar-refractivity contribution in [1.29, 1.82) is 0 Å². The van der Waals surface area contributed by atoms with Crippen molar-refractivity contribution >= 4 is 0 Å². The minimum absolute atomic E-state index is 0.955. The lowest BCUT2D eigenvalue weighted by atomic mass is 9.93. The molecule has 0 N–H and O–H groups in total. The van der Waals surface area contributed by atoms with Gasteiger partial charge in [-0.15, -0.1) is 0 Å². The smallest absolute Gasteiger partial charge is 0.144 e. The van der Waals surface area contributed by atoms with Crippen molar-refractivity contribution < 1.29 is 0 Å². The zero-order chi connectivity index (χ0) is 21.2. The summed E-state index contributed by atoms with van der Waals surface area (Å²) in [5, 5.41) is 0. The molecule has 2 nitrogen and oxygen atoms in total. The number of rotatable bonds is 4. The summed E-state index contributed by atoms with van der Waals surface area (Å²) in [6.45, 7) is 4.30. The Morgan fingerprint density at radius 3 is 1.74 bits per heavy atom. The van der Waals surface area contributed by atoms with Crippen molar-refractivity contribution in [2.24, 2.45) is 0 Å². The topological polar surface area (TPSA) is 17.8 Å². The molecule has 5 rings (SSSR count). The van der Waals surface area contributed by atoms with Gasteiger partial charge in [0.1, 0.15) is 5.82 Å². The van der Waals surface area contributed by atoms with E-state index in [1.807, 2.05) is 6.20 Å². The fourth-order valence-corrected chi connectivity index (χ4v) is 4.22. The number of hydrogen-bond acceptors (Lipinski definition) is 1. The van der Waals surface area contributed by atoms with Gasteiger partial charge in [-0.3, -0.25) is 4.57 Å². The van der Waals surface area contributed by atoms with Gasteiger partial charge < -0.3 is 0 Å². The molecule has 0 aliphatic carbocycles. The van der Waals surface area contributed by atoms with Crippen LogP contribution >= 0.6 is 0 Å². The number of nitrogens with zero attached hydrogens (tertiary/aromatic N) is 2. The summed E-state index contributed by atoms with van der Waals surface area (Å²) in [5.41, 5.74) is 9.54. The molecule has 0 spiro atoms. The van der Waals surface area contributed by atoms with Crippen LogP contribution in [0.25, 0.3) is 39.3 Å². The summed E-state index contributed by atoms with van der Waals surface area (Å²) in [7, 11) is 0. The molecule has 0 radical (unpaired) electrons. The van der Waals surface area contributed by atoms with Gasteiger partial charge in [0.05, 0.1) is 5.69 Å². The van der Waals surface area contributed by atoms with Gasteiger partial charge in [-0.25, -0.2) is 4.98 Å². The van der Waals surface area contributed by atoms with Crippen molar-refractivity contribution in [3.8, 4) is 39.3 Å². The third-order valence-electron chi connectivity index (χ3n) is 5.69. The Kier molecular flexibility index (Phi) is 4.97. The first-order valence-electron chi connectivity index (χ1n) is 10.6. The standard InChI is InChI=1S/C29H24N2/c1-21-19-26(23-12-5-3-6-13-23)28(27(20-21)24-14-7-4-8-15-24)31-18-17-30-29(31)25-16-10-9-11-22(25)2/h3-20H,1-2H3. The lowest BCUT2D eigenvalue weighted by molar-refractivity contribution is 1.07. The highest BCUT2D eigenvalue weighted by molar-refractivity contribution is 5.87. The molecule has 1 aromatic heterocycles. The third-order valence-corrected chi connectivity index (χ3v) is 5.69. The van der Waals surface area contributed by atoms with Crippen molar-refractivity contribution in [3.05, 3.63) is 121 Å². The number of hydrogen-bond donors (Lipinski definition) is 0. The molecule has 5 aromatic rings. The van der Waals surface area contributed by atoms with E-state index in [2.05, 4.69) is 122 Å². The van der Waals surface area contributed by atoms with Crippen LogP contribution in [0, 0.1) is 13.8 Å². The van der Waals surface area contributed by atoms with Crippen LogP contribution in [0.5, 0.6) is 0 Å². The lowest BCUT2D eigenvalue weighted by Crippen LogP contribution is -2.03. The molecule has 0 atom stereocenters. The zero-order valence-electron chi connectivity index (χ0n) is 17.8. The second-order valence-corrected chi connectivity index (χ2v) is 7.88. The molecule has 0 amide bonds. The van der Waals surface area contributed by atoms with Crippen molar-refractivity contribution in [2.45, 2.75) is 13.8 Å². The highest BCUT2D eigenvalue weighted by atomic mass is 15.1. The van der Waals surface area contributed by atoms with Crippen LogP contribution in [-0.4, -0.2) is 9.55 Å². The molecule has 2 heteroatoms. The van der Waals surface area contributed by atoms with Crippen molar-refractivity contribution in [1.82, 2.24) is 9.55 Å². The number of benzene rings is 4. The minimum atomic E-state index is 0.955. The second kappa shape index (κ2) is 8.08. The van der Waals surface area contributed by atoms with Gasteiger partial charge in [-0.1, -0.05) is 84.9 Å². The summed E-state index contributed by atoms with van der Waals surface area (Å²) in [5.74, 6) is 0.955. The summed E-state index contributed by atoms with van der Waals surface area (Å²) in [4.78, 5) is 4.78. The van der Waals surface area contributed by atoms with E-state index in [0.29, 0.717) is 0 Å². The molecular weight excluding hydrogens is 376 g/mol. The fraction of sp³-hybridized carbons (Fsp3) is 0.0690. The number of aromatic nitrogens is 2. The predicted molar refractivity (Wildman–Crippen MR) is 129 cm³/mol. The highest BCUT2D eigenvalue weighted by Gasteiger charge is 2.19. The van der Waals surface area contributed by atoms with Gasteiger partial charge in [-0.05, 0) is 48.2 Å². The van der Waals surface area contributed by atoms with Gasteiger partial charge in [0.25, 0.3) is 0 Å². The summed E-state index contributed by atoms with van der Waals surface area (Å²) >= 11 is 0. The molecule has 0 saturated carbocycles. The second-order valence-electron chi connectivity index (χ2n) is 7.88. The first-order valence-corrected chi connectivity index (χ1v) is 10.6. The average Bonchev–Trinajstić information content (AvgIpc) is 3.29. The summed E-state index contributed by atoms with van der Waals surface area (Å²) in [6, 6.07) is 34.2. The molecule has 0 saturated heterocycles. The normalized spacial score (nSPS) is 10.9. The first-order chi connectivity index (χ1) is 15.2. The predicted octanol–water partition coefficient (Wildman–Crippen LogP) is 7.49. The quantitative estimate of drug-likeness (QED) is 0.305. The Morgan fingerprint density at radius 1 is 0.613 bits per heavy atom. The van der Waals surface area contributed by atoms with Gasteiger partial charge in [0, 0.05) is 29.1 Å². The third kappa shape index (κ3) is 3.57. The van der Waals surface area contributed by atoms with E-state index in [1.54, 1.807) is 0 Å². The van der Waals surface area contributed by atoms with E-state index >= 15 is 0 Å². The fourth-order valence-electron chi connectivity index (χ4n) is 4.22. The largest absolute Gasteiger partial charge is 0.299 e. The highest BCUT2D eigenvalue weighted by Crippen LogP contribution is 2.39. The molecule has 31 heavy (non-hydrogen) atoms. The Hall–Kier alpha value is -3.91. The molecule has 0 aliphatic rings. The Labute approximate surface area is 183 Å². The summed E-state index contributed by atoms with van der Waals surface area (Å²) in [6.07, 6.45) is 3.97. The maximum atomic E-state index is 4.78. The van der Waals surface area contributed by atoms with Gasteiger partial charge in [0.15, 0.2) is 0 Å². The van der Waals surface area contributed by atoms with E-state index in [4.69, 9.17) is 4.98 Å². The van der Waals surface area contributed by atoms with Crippen LogP contribution in [0.2, 0.25) is 0 Å². The maximum Gasteiger partial charge on any atom is 0.144 e. The molecule has 0 unspecified atom stereocenters. The van der Waals surface area contributed by atoms with Crippen molar-refractivity contribution in [3.63, 3.8) is 0 Å². The minimum Gasteiger partial charge on any atom is -0.299 e.